The molecule has 1 heterocycles. The van der Waals surface area contributed by atoms with E-state index in [2.05, 4.69) is 0 Å². The first-order valence-corrected chi connectivity index (χ1v) is 9.89. The van der Waals surface area contributed by atoms with Crippen LogP contribution in [0.5, 0.6) is 5.75 Å². The second-order valence-electron chi connectivity index (χ2n) is 8.30. The van der Waals surface area contributed by atoms with Gasteiger partial charge in [0.25, 0.3) is 0 Å². The number of ether oxygens (including phenoxy) is 2. The van der Waals surface area contributed by atoms with Gasteiger partial charge in [0.2, 0.25) is 5.91 Å². The Labute approximate surface area is 185 Å². The maximum atomic E-state index is 12.1. The average Bonchev–Trinajstić information content (AvgIpc) is 2.79. The van der Waals surface area contributed by atoms with Gasteiger partial charge in [-0.2, -0.15) is 0 Å². The Morgan fingerprint density at radius 3 is 2.31 bits per heavy atom. The number of nitrogens with two attached hydrogens (primary N) is 1. The molecule has 1 saturated heterocycles. The normalized spacial score (nSPS) is 19.3. The zero-order valence-electron chi connectivity index (χ0n) is 18.0. The Bertz CT molecular complexity index is 685. The molecule has 1 aliphatic heterocycles. The zero-order valence-corrected chi connectivity index (χ0v) is 19.6. The molecule has 9 heteroatoms. The minimum absolute atomic E-state index is 0. The number of carbonyl (C=O) groups excluding carboxylic acids is 1. The highest BCUT2D eigenvalue weighted by Crippen LogP contribution is 2.43. The molecule has 0 spiro atoms. The predicted molar refractivity (Wildman–Crippen MR) is 118 cm³/mol. The maximum Gasteiger partial charge on any atom is 0.462 e. The summed E-state index contributed by atoms with van der Waals surface area (Å²) in [4.78, 5) is 12.1. The predicted octanol–water partition coefficient (Wildman–Crippen LogP) is 4.05. The molecule has 29 heavy (non-hydrogen) atoms. The average molecular weight is 448 g/mol. The molecule has 0 bridgehead atoms. The number of methoxy groups -OCH3 is 1. The van der Waals surface area contributed by atoms with Crippen LogP contribution in [0.3, 0.4) is 0 Å². The van der Waals surface area contributed by atoms with Crippen LogP contribution in [0.1, 0.15) is 39.7 Å². The lowest BCUT2D eigenvalue weighted by Crippen LogP contribution is -2.41. The molecule has 2 N–H and O–H groups in total. The summed E-state index contributed by atoms with van der Waals surface area (Å²) in [6, 6.07) is 5.47. The Kier molecular flexibility index (Phi) is 9.30. The topological polar surface area (TPSA) is 80.0 Å². The van der Waals surface area contributed by atoms with Crippen molar-refractivity contribution >= 4 is 37.0 Å². The third kappa shape index (κ3) is 6.25. The summed E-state index contributed by atoms with van der Waals surface area (Å²) in [5.74, 6) is -0.538. The quantitative estimate of drug-likeness (QED) is 0.577. The van der Waals surface area contributed by atoms with Crippen molar-refractivity contribution in [1.29, 1.82) is 0 Å². The van der Waals surface area contributed by atoms with Crippen LogP contribution in [-0.4, -0.2) is 44.6 Å². The molecular weight excluding hydrogens is 416 g/mol. The third-order valence-corrected chi connectivity index (χ3v) is 5.93. The van der Waals surface area contributed by atoms with E-state index in [9.17, 15) is 4.79 Å². The second kappa shape index (κ2) is 10.4. The van der Waals surface area contributed by atoms with Gasteiger partial charge >= 0.3 is 7.12 Å². The van der Waals surface area contributed by atoms with Gasteiger partial charge in [-0.3, -0.25) is 4.79 Å². The molecule has 1 unspecified atom stereocenters. The molecule has 1 aromatic rings. The van der Waals surface area contributed by atoms with Gasteiger partial charge in [-0.25, -0.2) is 0 Å². The summed E-state index contributed by atoms with van der Waals surface area (Å²) in [7, 11) is 0.970. The summed E-state index contributed by atoms with van der Waals surface area (Å²) in [5.41, 5.74) is 5.61. The summed E-state index contributed by atoms with van der Waals surface area (Å²) in [6.07, 6.45) is 0.524. The lowest BCUT2D eigenvalue weighted by Gasteiger charge is -2.32. The van der Waals surface area contributed by atoms with E-state index in [0.29, 0.717) is 18.1 Å². The SMILES string of the molecule is COCC(C(N)=O)[C@H](CCOc1ccc(Cl)cc1C)B1OC(C)(C)C(C)(C)O1.Cl. The molecule has 6 nitrogen and oxygen atoms in total. The molecule has 0 radical (unpaired) electrons. The highest BCUT2D eigenvalue weighted by atomic mass is 35.5. The fraction of sp³-hybridized carbons (Fsp3) is 0.650. The number of hydrogen-bond donors (Lipinski definition) is 1. The van der Waals surface area contributed by atoms with E-state index in [0.717, 1.165) is 11.3 Å². The fourth-order valence-corrected chi connectivity index (χ4v) is 3.49. The fourth-order valence-electron chi connectivity index (χ4n) is 3.27. The van der Waals surface area contributed by atoms with Crippen molar-refractivity contribution < 1.29 is 23.6 Å². The Morgan fingerprint density at radius 2 is 1.83 bits per heavy atom. The number of carbonyl (C=O) groups is 1. The number of benzene rings is 1. The van der Waals surface area contributed by atoms with Crippen molar-refractivity contribution in [2.24, 2.45) is 11.7 Å². The minimum Gasteiger partial charge on any atom is -0.493 e. The molecule has 164 valence electrons. The van der Waals surface area contributed by atoms with Crippen LogP contribution < -0.4 is 10.5 Å². The smallest absolute Gasteiger partial charge is 0.462 e. The number of hydrogen-bond acceptors (Lipinski definition) is 5. The standard InChI is InChI=1S/C20H31BClNO5.ClH/c1-13-11-14(22)7-8-17(13)26-10-9-16(15(12-25-6)18(23)24)21-27-19(2,3)20(4,5)28-21;/h7-8,11,15-16H,9-10,12H2,1-6H3,(H2,23,24);1H/t15?,16-;/m0./s1. The van der Waals surface area contributed by atoms with Gasteiger partial charge in [-0.15, -0.1) is 12.4 Å². The van der Waals surface area contributed by atoms with Crippen molar-refractivity contribution in [3.63, 3.8) is 0 Å². The number of primary amides is 1. The van der Waals surface area contributed by atoms with E-state index in [-0.39, 0.29) is 24.8 Å². The van der Waals surface area contributed by atoms with Crippen molar-refractivity contribution in [2.75, 3.05) is 20.3 Å². The molecule has 0 saturated carbocycles. The maximum absolute atomic E-state index is 12.1. The van der Waals surface area contributed by atoms with Gasteiger partial charge < -0.3 is 24.5 Å². The van der Waals surface area contributed by atoms with Gasteiger partial charge in [0.05, 0.1) is 30.3 Å². The van der Waals surface area contributed by atoms with Crippen LogP contribution in [0, 0.1) is 12.8 Å². The number of halogens is 2. The summed E-state index contributed by atoms with van der Waals surface area (Å²) < 4.78 is 23.5. The molecule has 1 fully saturated rings. The highest BCUT2D eigenvalue weighted by molar-refractivity contribution is 6.48. The largest absolute Gasteiger partial charge is 0.493 e. The Hall–Kier alpha value is -0.985. The van der Waals surface area contributed by atoms with E-state index < -0.39 is 30.1 Å². The van der Waals surface area contributed by atoms with Crippen LogP contribution >= 0.6 is 24.0 Å². The van der Waals surface area contributed by atoms with Crippen molar-refractivity contribution in [3.8, 4) is 5.75 Å². The molecule has 2 rings (SSSR count). The molecular formula is C20H32BCl2NO5. The Balaban J connectivity index is 0.00000420. The van der Waals surface area contributed by atoms with Crippen LogP contribution in [-0.2, 0) is 18.8 Å². The van der Waals surface area contributed by atoms with Crippen LogP contribution in [0.4, 0.5) is 0 Å². The van der Waals surface area contributed by atoms with E-state index in [1.807, 2.05) is 46.8 Å². The highest BCUT2D eigenvalue weighted by Gasteiger charge is 2.55. The minimum atomic E-state index is -0.576. The van der Waals surface area contributed by atoms with E-state index >= 15 is 0 Å². The third-order valence-electron chi connectivity index (χ3n) is 5.70. The molecule has 0 aliphatic carbocycles. The molecule has 1 aliphatic rings. The molecule has 1 aromatic carbocycles. The first kappa shape index (κ1) is 26.1. The van der Waals surface area contributed by atoms with E-state index in [4.69, 9.17) is 36.1 Å². The molecule has 2 atom stereocenters. The van der Waals surface area contributed by atoms with Crippen LogP contribution in [0.2, 0.25) is 10.8 Å². The van der Waals surface area contributed by atoms with Crippen molar-refractivity contribution in [1.82, 2.24) is 0 Å². The summed E-state index contributed by atoms with van der Waals surface area (Å²) in [6.45, 7) is 10.4. The van der Waals surface area contributed by atoms with Gasteiger partial charge in [-0.1, -0.05) is 11.6 Å². The molecule has 0 aromatic heterocycles. The lowest BCUT2D eigenvalue weighted by atomic mass is 9.63. The number of aryl methyl sites for hydroxylation is 1. The van der Waals surface area contributed by atoms with Crippen molar-refractivity contribution in [3.05, 3.63) is 28.8 Å². The van der Waals surface area contributed by atoms with Crippen molar-refractivity contribution in [2.45, 2.75) is 58.1 Å². The first-order valence-electron chi connectivity index (χ1n) is 9.51. The van der Waals surface area contributed by atoms with Crippen LogP contribution in [0.15, 0.2) is 18.2 Å². The van der Waals surface area contributed by atoms with Crippen LogP contribution in [0.25, 0.3) is 0 Å². The van der Waals surface area contributed by atoms with E-state index in [1.54, 1.807) is 13.2 Å². The van der Waals surface area contributed by atoms with Gasteiger partial charge in [0.15, 0.2) is 0 Å². The summed E-state index contributed by atoms with van der Waals surface area (Å²) in [5, 5.41) is 0.661. The number of rotatable bonds is 9. The lowest BCUT2D eigenvalue weighted by molar-refractivity contribution is -0.123. The zero-order chi connectivity index (χ0) is 21.1. The second-order valence-corrected chi connectivity index (χ2v) is 8.74. The monoisotopic (exact) mass is 447 g/mol. The van der Waals surface area contributed by atoms with Gasteiger partial charge in [0, 0.05) is 17.9 Å². The van der Waals surface area contributed by atoms with Gasteiger partial charge in [-0.05, 0) is 64.8 Å². The van der Waals surface area contributed by atoms with Gasteiger partial charge in [0.1, 0.15) is 5.75 Å². The van der Waals surface area contributed by atoms with E-state index in [1.165, 1.54) is 0 Å². The first-order chi connectivity index (χ1) is 13.0. The Morgan fingerprint density at radius 1 is 1.24 bits per heavy atom. The summed E-state index contributed by atoms with van der Waals surface area (Å²) >= 11 is 6.00. The number of amides is 1. The molecule has 1 amide bonds.